The number of ether oxygens (including phenoxy) is 2. The van der Waals surface area contributed by atoms with Gasteiger partial charge in [-0.15, -0.1) is 0 Å². The van der Waals surface area contributed by atoms with E-state index < -0.39 is 5.97 Å². The number of rotatable bonds is 7. The number of esters is 2. The Balaban J connectivity index is 2.37. The summed E-state index contributed by atoms with van der Waals surface area (Å²) in [6.07, 6.45) is 1.83. The molecule has 0 fully saturated rings. The van der Waals surface area contributed by atoms with E-state index in [1.165, 1.54) is 6.20 Å². The van der Waals surface area contributed by atoms with E-state index in [1.54, 1.807) is 26.0 Å². The van der Waals surface area contributed by atoms with Gasteiger partial charge in [0.1, 0.15) is 17.2 Å². The van der Waals surface area contributed by atoms with Crippen LogP contribution < -0.4 is 10.3 Å². The van der Waals surface area contributed by atoms with Crippen LogP contribution >= 0.6 is 23.2 Å². The summed E-state index contributed by atoms with van der Waals surface area (Å²) in [6.45, 7) is 4.22. The maximum absolute atomic E-state index is 12.2. The Morgan fingerprint density at radius 3 is 2.64 bits per heavy atom. The minimum Gasteiger partial charge on any atom is -0.464 e. The average molecular weight is 386 g/mol. The SMILES string of the molecule is CCOC(=O)c1c[nH+]c2c(Cl)c(Cl)ccc2c1NCCOC(=O)CC. The number of carbonyl (C=O) groups is 2. The molecule has 0 unspecified atom stereocenters. The van der Waals surface area contributed by atoms with E-state index >= 15 is 0 Å². The van der Waals surface area contributed by atoms with Crippen molar-refractivity contribution in [2.75, 3.05) is 25.1 Å². The molecule has 0 saturated carbocycles. The van der Waals surface area contributed by atoms with E-state index in [9.17, 15) is 9.59 Å². The highest BCUT2D eigenvalue weighted by Crippen LogP contribution is 2.33. The van der Waals surface area contributed by atoms with Crippen LogP contribution in [0.2, 0.25) is 10.0 Å². The first-order chi connectivity index (χ1) is 12.0. The predicted octanol–water partition coefficient (Wildman–Crippen LogP) is 3.50. The second-order valence-electron chi connectivity index (χ2n) is 5.08. The number of nitrogens with one attached hydrogen (secondary N) is 2. The van der Waals surface area contributed by atoms with E-state index in [0.717, 1.165) is 0 Å². The third-order valence-electron chi connectivity index (χ3n) is 3.45. The molecule has 2 aromatic rings. The number of benzene rings is 1. The van der Waals surface area contributed by atoms with Crippen molar-refractivity contribution in [3.05, 3.63) is 33.9 Å². The highest BCUT2D eigenvalue weighted by molar-refractivity contribution is 6.45. The standard InChI is InChI=1S/C17H18Cl2N2O4/c1-3-13(22)25-8-7-20-15-10-5-6-12(18)14(19)16(10)21-9-11(15)17(23)24-4-2/h5-6,9H,3-4,7-8H2,1-2H3,(H,20,21)/p+1. The Hall–Kier alpha value is -2.05. The molecule has 0 aliphatic carbocycles. The van der Waals surface area contributed by atoms with Crippen LogP contribution in [0.3, 0.4) is 0 Å². The quantitative estimate of drug-likeness (QED) is 0.582. The monoisotopic (exact) mass is 385 g/mol. The number of carbonyl (C=O) groups excluding carboxylic acids is 2. The molecule has 2 N–H and O–H groups in total. The molecule has 0 aliphatic rings. The van der Waals surface area contributed by atoms with Crippen molar-refractivity contribution in [1.29, 1.82) is 0 Å². The van der Waals surface area contributed by atoms with Crippen LogP contribution in [0.15, 0.2) is 18.3 Å². The molecule has 0 saturated heterocycles. The lowest BCUT2D eigenvalue weighted by Crippen LogP contribution is -2.19. The molecule has 2 rings (SSSR count). The highest BCUT2D eigenvalue weighted by atomic mass is 35.5. The summed E-state index contributed by atoms with van der Waals surface area (Å²) in [4.78, 5) is 26.4. The van der Waals surface area contributed by atoms with Crippen molar-refractivity contribution in [3.63, 3.8) is 0 Å². The average Bonchev–Trinajstić information content (AvgIpc) is 2.61. The molecular formula is C17H19Cl2N2O4+. The van der Waals surface area contributed by atoms with Gasteiger partial charge in [-0.25, -0.2) is 9.78 Å². The Labute approximate surface area is 155 Å². The number of H-pyrrole nitrogens is 1. The first kappa shape index (κ1) is 19.3. The topological polar surface area (TPSA) is 78.8 Å². The number of halogens is 2. The fraction of sp³-hybridized carbons (Fsp3) is 0.353. The van der Waals surface area contributed by atoms with Gasteiger partial charge in [-0.05, 0) is 19.1 Å². The van der Waals surface area contributed by atoms with E-state index in [1.807, 2.05) is 0 Å². The molecule has 0 amide bonds. The largest absolute Gasteiger partial charge is 0.464 e. The zero-order chi connectivity index (χ0) is 18.4. The number of anilines is 1. The molecule has 1 aromatic carbocycles. The molecule has 134 valence electrons. The lowest BCUT2D eigenvalue weighted by Gasteiger charge is -2.12. The summed E-state index contributed by atoms with van der Waals surface area (Å²) in [5.74, 6) is -0.756. The second kappa shape index (κ2) is 8.87. The summed E-state index contributed by atoms with van der Waals surface area (Å²) >= 11 is 12.3. The van der Waals surface area contributed by atoms with Gasteiger partial charge in [-0.2, -0.15) is 0 Å². The molecule has 6 nitrogen and oxygen atoms in total. The zero-order valence-corrected chi connectivity index (χ0v) is 15.5. The van der Waals surface area contributed by atoms with Crippen LogP contribution in [0.4, 0.5) is 5.69 Å². The molecular weight excluding hydrogens is 367 g/mol. The molecule has 8 heteroatoms. The number of aromatic amines is 1. The first-order valence-electron chi connectivity index (χ1n) is 7.88. The first-order valence-corrected chi connectivity index (χ1v) is 8.64. The number of fused-ring (bicyclic) bond motifs is 1. The van der Waals surface area contributed by atoms with Crippen LogP contribution in [0.5, 0.6) is 0 Å². The second-order valence-corrected chi connectivity index (χ2v) is 5.87. The smallest absolute Gasteiger partial charge is 0.346 e. The Morgan fingerprint density at radius 1 is 1.20 bits per heavy atom. The van der Waals surface area contributed by atoms with Crippen LogP contribution in [0.25, 0.3) is 10.9 Å². The lowest BCUT2D eigenvalue weighted by atomic mass is 10.1. The number of hydrogen-bond donors (Lipinski definition) is 1. The van der Waals surface area contributed by atoms with Gasteiger partial charge in [-0.3, -0.25) is 4.79 Å². The molecule has 0 aliphatic heterocycles. The molecule has 25 heavy (non-hydrogen) atoms. The van der Waals surface area contributed by atoms with Crippen LogP contribution in [-0.4, -0.2) is 31.7 Å². The molecule has 1 heterocycles. The summed E-state index contributed by atoms with van der Waals surface area (Å²) in [5, 5.41) is 4.56. The minimum atomic E-state index is -0.472. The van der Waals surface area contributed by atoms with E-state index in [2.05, 4.69) is 10.3 Å². The van der Waals surface area contributed by atoms with Crippen molar-refractivity contribution >= 4 is 51.7 Å². The van der Waals surface area contributed by atoms with Crippen LogP contribution in [0, 0.1) is 0 Å². The van der Waals surface area contributed by atoms with Gasteiger partial charge >= 0.3 is 11.9 Å². The fourth-order valence-corrected chi connectivity index (χ4v) is 2.64. The van der Waals surface area contributed by atoms with Gasteiger partial charge in [0.25, 0.3) is 0 Å². The Morgan fingerprint density at radius 2 is 1.96 bits per heavy atom. The van der Waals surface area contributed by atoms with Crippen molar-refractivity contribution < 1.29 is 24.0 Å². The van der Waals surface area contributed by atoms with E-state index in [0.29, 0.717) is 45.2 Å². The van der Waals surface area contributed by atoms with Crippen molar-refractivity contribution in [2.24, 2.45) is 0 Å². The molecule has 0 spiro atoms. The van der Waals surface area contributed by atoms with Crippen molar-refractivity contribution in [3.8, 4) is 0 Å². The summed E-state index contributed by atoms with van der Waals surface area (Å²) < 4.78 is 10.1. The van der Waals surface area contributed by atoms with Gasteiger partial charge in [-0.1, -0.05) is 30.1 Å². The molecule has 1 aromatic heterocycles. The van der Waals surface area contributed by atoms with Crippen LogP contribution in [0.1, 0.15) is 30.6 Å². The Kier molecular flexibility index (Phi) is 6.84. The maximum Gasteiger partial charge on any atom is 0.346 e. The van der Waals surface area contributed by atoms with Gasteiger partial charge in [0.2, 0.25) is 5.52 Å². The number of hydrogen-bond acceptors (Lipinski definition) is 5. The van der Waals surface area contributed by atoms with Gasteiger partial charge in [0.15, 0.2) is 6.20 Å². The van der Waals surface area contributed by atoms with Gasteiger partial charge in [0, 0.05) is 13.0 Å². The zero-order valence-electron chi connectivity index (χ0n) is 13.9. The molecule has 0 bridgehead atoms. The summed E-state index contributed by atoms with van der Waals surface area (Å²) in [6, 6.07) is 3.40. The fourth-order valence-electron chi connectivity index (χ4n) is 2.26. The van der Waals surface area contributed by atoms with Crippen molar-refractivity contribution in [1.82, 2.24) is 0 Å². The van der Waals surface area contributed by atoms with Gasteiger partial charge in [0.05, 0.1) is 22.7 Å². The van der Waals surface area contributed by atoms with Gasteiger partial charge < -0.3 is 14.8 Å². The summed E-state index contributed by atoms with van der Waals surface area (Å²) in [5.41, 5.74) is 1.46. The van der Waals surface area contributed by atoms with E-state index in [4.69, 9.17) is 32.7 Å². The normalized spacial score (nSPS) is 10.6. The van der Waals surface area contributed by atoms with E-state index in [-0.39, 0.29) is 19.2 Å². The third-order valence-corrected chi connectivity index (χ3v) is 4.25. The highest BCUT2D eigenvalue weighted by Gasteiger charge is 2.22. The van der Waals surface area contributed by atoms with Crippen molar-refractivity contribution in [2.45, 2.75) is 20.3 Å². The number of aromatic nitrogens is 1. The summed E-state index contributed by atoms with van der Waals surface area (Å²) in [7, 11) is 0. The van der Waals surface area contributed by atoms with Crippen LogP contribution in [-0.2, 0) is 14.3 Å². The lowest BCUT2D eigenvalue weighted by molar-refractivity contribution is -0.344. The Bertz CT molecular complexity index is 796. The minimum absolute atomic E-state index is 0.177. The number of pyridine rings is 1. The predicted molar refractivity (Wildman–Crippen MR) is 96.2 cm³/mol. The maximum atomic E-state index is 12.2. The molecule has 0 radical (unpaired) electrons. The molecule has 0 atom stereocenters. The third kappa shape index (κ3) is 4.52.